The summed E-state index contributed by atoms with van der Waals surface area (Å²) in [6.45, 7) is 4.78. The van der Waals surface area contributed by atoms with E-state index in [0.29, 0.717) is 33.8 Å². The van der Waals surface area contributed by atoms with Crippen LogP contribution in [0.2, 0.25) is 10.0 Å². The van der Waals surface area contributed by atoms with Crippen molar-refractivity contribution >= 4 is 57.8 Å². The number of halogens is 2. The van der Waals surface area contributed by atoms with Gasteiger partial charge in [0.1, 0.15) is 0 Å². The van der Waals surface area contributed by atoms with Crippen LogP contribution in [0, 0.1) is 0 Å². The van der Waals surface area contributed by atoms with E-state index in [1.54, 1.807) is 47.4 Å². The summed E-state index contributed by atoms with van der Waals surface area (Å²) in [5.74, 6) is 0.0492. The Bertz CT molecular complexity index is 975. The fourth-order valence-electron chi connectivity index (χ4n) is 2.73. The molecule has 1 aliphatic rings. The molecule has 1 heterocycles. The van der Waals surface area contributed by atoms with E-state index < -0.39 is 0 Å². The average Bonchev–Trinajstić information content (AvgIpc) is 2.97. The molecule has 0 bridgehead atoms. The molecule has 0 unspecified atom stereocenters. The highest BCUT2D eigenvalue weighted by molar-refractivity contribution is 8.18. The van der Waals surface area contributed by atoms with Crippen LogP contribution in [0.25, 0.3) is 6.08 Å². The highest BCUT2D eigenvalue weighted by Gasteiger charge is 2.32. The molecule has 8 heteroatoms. The maximum absolute atomic E-state index is 12.9. The molecule has 5 nitrogen and oxygen atoms in total. The van der Waals surface area contributed by atoms with E-state index in [9.17, 15) is 9.90 Å². The van der Waals surface area contributed by atoms with Gasteiger partial charge in [-0.05, 0) is 73.1 Å². The first-order chi connectivity index (χ1) is 13.9. The minimum Gasteiger partial charge on any atom is -0.503 e. The second-order valence-corrected chi connectivity index (χ2v) is 8.07. The molecule has 0 atom stereocenters. The van der Waals surface area contributed by atoms with Crippen molar-refractivity contribution in [1.29, 1.82) is 0 Å². The topological polar surface area (TPSA) is 62.1 Å². The summed E-state index contributed by atoms with van der Waals surface area (Å²) in [5, 5.41) is 11.4. The van der Waals surface area contributed by atoms with Crippen molar-refractivity contribution < 1.29 is 14.6 Å². The molecule has 1 amide bonds. The lowest BCUT2D eigenvalue weighted by atomic mass is 10.2. The number of aliphatic imine (C=N–C) groups is 1. The quantitative estimate of drug-likeness (QED) is 0.538. The van der Waals surface area contributed by atoms with E-state index in [0.717, 1.165) is 12.1 Å². The molecular formula is C21H20Cl2N2O3S. The lowest BCUT2D eigenvalue weighted by Crippen LogP contribution is -2.29. The van der Waals surface area contributed by atoms with Crippen molar-refractivity contribution in [2.24, 2.45) is 4.99 Å². The van der Waals surface area contributed by atoms with Gasteiger partial charge in [-0.2, -0.15) is 0 Å². The molecule has 1 aliphatic heterocycles. The van der Waals surface area contributed by atoms with Crippen LogP contribution in [0.4, 0.5) is 5.69 Å². The number of rotatable bonds is 6. The number of carbonyl (C=O) groups is 1. The third-order valence-corrected chi connectivity index (χ3v) is 5.58. The number of amidine groups is 1. The molecule has 152 valence electrons. The summed E-state index contributed by atoms with van der Waals surface area (Å²) in [6, 6.07) is 10.4. The van der Waals surface area contributed by atoms with Gasteiger partial charge in [0.2, 0.25) is 0 Å². The summed E-state index contributed by atoms with van der Waals surface area (Å²) in [4.78, 5) is 19.7. The number of benzene rings is 2. The smallest absolute Gasteiger partial charge is 0.266 e. The first kappa shape index (κ1) is 21.6. The summed E-state index contributed by atoms with van der Waals surface area (Å²) in [6.07, 6.45) is 2.53. The minimum absolute atomic E-state index is 0.112. The van der Waals surface area contributed by atoms with E-state index in [-0.39, 0.29) is 22.4 Å². The van der Waals surface area contributed by atoms with E-state index in [1.807, 2.05) is 13.8 Å². The largest absolute Gasteiger partial charge is 0.503 e. The molecule has 0 radical (unpaired) electrons. The maximum Gasteiger partial charge on any atom is 0.266 e. The molecule has 29 heavy (non-hydrogen) atoms. The second-order valence-electron chi connectivity index (χ2n) is 6.22. The summed E-state index contributed by atoms with van der Waals surface area (Å²) < 4.78 is 5.42. The summed E-state index contributed by atoms with van der Waals surface area (Å²) in [5.41, 5.74) is 1.38. The van der Waals surface area contributed by atoms with Gasteiger partial charge >= 0.3 is 0 Å². The van der Waals surface area contributed by atoms with Gasteiger partial charge in [0.25, 0.3) is 5.91 Å². The fraction of sp³-hybridized carbons (Fsp3) is 0.238. The fourth-order valence-corrected chi connectivity index (χ4v) is 4.10. The Balaban J connectivity index is 1.96. The number of phenolic OH excluding ortho intramolecular Hbond substituents is 1. The van der Waals surface area contributed by atoms with Gasteiger partial charge in [0.15, 0.2) is 16.7 Å². The monoisotopic (exact) mass is 450 g/mol. The Labute approximate surface area is 184 Å². The van der Waals surface area contributed by atoms with Crippen LogP contribution in [0.15, 0.2) is 46.3 Å². The van der Waals surface area contributed by atoms with E-state index >= 15 is 0 Å². The van der Waals surface area contributed by atoms with Crippen molar-refractivity contribution in [2.45, 2.75) is 20.3 Å². The van der Waals surface area contributed by atoms with Gasteiger partial charge < -0.3 is 9.84 Å². The molecular weight excluding hydrogens is 431 g/mol. The van der Waals surface area contributed by atoms with E-state index in [2.05, 4.69) is 4.99 Å². The van der Waals surface area contributed by atoms with Gasteiger partial charge in [0, 0.05) is 11.6 Å². The third kappa shape index (κ3) is 5.07. The molecule has 1 fully saturated rings. The number of aromatic hydroxyl groups is 1. The van der Waals surface area contributed by atoms with Gasteiger partial charge in [-0.3, -0.25) is 9.69 Å². The average molecular weight is 451 g/mol. The number of hydrogen-bond acceptors (Lipinski definition) is 5. The van der Waals surface area contributed by atoms with Gasteiger partial charge in [-0.15, -0.1) is 0 Å². The highest BCUT2D eigenvalue weighted by atomic mass is 35.5. The third-order valence-electron chi connectivity index (χ3n) is 4.04. The van der Waals surface area contributed by atoms with Crippen molar-refractivity contribution in [1.82, 2.24) is 4.90 Å². The zero-order chi connectivity index (χ0) is 21.0. The molecule has 0 aliphatic carbocycles. The minimum atomic E-state index is -0.119. The molecule has 1 saturated heterocycles. The first-order valence-electron chi connectivity index (χ1n) is 9.14. The molecule has 1 N–H and O–H groups in total. The van der Waals surface area contributed by atoms with Gasteiger partial charge in [-0.25, -0.2) is 4.99 Å². The number of carbonyl (C=O) groups excluding carboxylic acids is 1. The predicted molar refractivity (Wildman–Crippen MR) is 120 cm³/mol. The molecule has 2 aromatic carbocycles. The van der Waals surface area contributed by atoms with Crippen molar-refractivity contribution in [2.75, 3.05) is 13.2 Å². The van der Waals surface area contributed by atoms with Crippen LogP contribution in [-0.2, 0) is 4.79 Å². The SMILES string of the molecule is CCCN1C(=O)/C(=C/c2cc(Cl)c(O)c(OCC)c2)SC1=Nc1ccc(Cl)cc1. The van der Waals surface area contributed by atoms with Crippen molar-refractivity contribution in [3.05, 3.63) is 56.9 Å². The van der Waals surface area contributed by atoms with Crippen LogP contribution in [0.1, 0.15) is 25.8 Å². The maximum atomic E-state index is 12.9. The van der Waals surface area contributed by atoms with Crippen molar-refractivity contribution in [3.8, 4) is 11.5 Å². The standard InChI is InChI=1S/C21H20Cl2N2O3S/c1-3-9-25-20(27)18(29-21(25)24-15-7-5-14(22)6-8-15)12-13-10-16(23)19(26)17(11-13)28-4-2/h5-8,10-12,26H,3-4,9H2,1-2H3/b18-12-,24-21?. The van der Waals surface area contributed by atoms with Gasteiger partial charge in [-0.1, -0.05) is 30.1 Å². The first-order valence-corrected chi connectivity index (χ1v) is 10.7. The molecule has 3 rings (SSSR count). The summed E-state index contributed by atoms with van der Waals surface area (Å²) >= 11 is 13.3. The zero-order valence-electron chi connectivity index (χ0n) is 16.0. The predicted octanol–water partition coefficient (Wildman–Crippen LogP) is 6.11. The Morgan fingerprint density at radius 1 is 1.21 bits per heavy atom. The highest BCUT2D eigenvalue weighted by Crippen LogP contribution is 2.38. The van der Waals surface area contributed by atoms with Crippen LogP contribution in [0.3, 0.4) is 0 Å². The number of hydrogen-bond donors (Lipinski definition) is 1. The van der Waals surface area contributed by atoms with Crippen LogP contribution in [0.5, 0.6) is 11.5 Å². The molecule has 0 aromatic heterocycles. The molecule has 0 spiro atoms. The molecule has 2 aromatic rings. The Morgan fingerprint density at radius 2 is 1.93 bits per heavy atom. The molecule has 0 saturated carbocycles. The summed E-state index contributed by atoms with van der Waals surface area (Å²) in [7, 11) is 0. The Kier molecular flexibility index (Phi) is 7.11. The number of ether oxygens (including phenoxy) is 1. The van der Waals surface area contributed by atoms with Gasteiger partial charge in [0.05, 0.1) is 22.2 Å². The second kappa shape index (κ2) is 9.57. The number of phenols is 1. The zero-order valence-corrected chi connectivity index (χ0v) is 18.3. The Hall–Kier alpha value is -2.15. The van der Waals surface area contributed by atoms with Crippen LogP contribution < -0.4 is 4.74 Å². The normalized spacial score (nSPS) is 16.8. The number of thioether (sulfide) groups is 1. The van der Waals surface area contributed by atoms with E-state index in [4.69, 9.17) is 27.9 Å². The Morgan fingerprint density at radius 3 is 2.59 bits per heavy atom. The lowest BCUT2D eigenvalue weighted by molar-refractivity contribution is -0.122. The van der Waals surface area contributed by atoms with Crippen LogP contribution in [-0.4, -0.2) is 34.2 Å². The number of nitrogens with zero attached hydrogens (tertiary/aromatic N) is 2. The van der Waals surface area contributed by atoms with E-state index in [1.165, 1.54) is 11.8 Å². The lowest BCUT2D eigenvalue weighted by Gasteiger charge is -2.14. The van der Waals surface area contributed by atoms with Crippen LogP contribution >= 0.6 is 35.0 Å². The number of amides is 1. The van der Waals surface area contributed by atoms with Crippen molar-refractivity contribution in [3.63, 3.8) is 0 Å².